The molecule has 1 unspecified atom stereocenters. The lowest BCUT2D eigenvalue weighted by atomic mass is 9.80. The van der Waals surface area contributed by atoms with E-state index in [1.807, 2.05) is 0 Å². The van der Waals surface area contributed by atoms with Gasteiger partial charge in [-0.3, -0.25) is 0 Å². The van der Waals surface area contributed by atoms with Crippen LogP contribution in [0.5, 0.6) is 0 Å². The van der Waals surface area contributed by atoms with Crippen LogP contribution < -0.4 is 0 Å². The van der Waals surface area contributed by atoms with E-state index < -0.39 is 0 Å². The highest BCUT2D eigenvalue weighted by atomic mass is 16.6. The Morgan fingerprint density at radius 1 is 1.35 bits per heavy atom. The molecule has 1 aliphatic heterocycles. The SMILES string of the molecule is C=CC(=O)O[C@@H]1[C@@H]2OCC2CC12Cc1ccccc1C2. The molecule has 3 nitrogen and oxygen atoms in total. The number of hydrogen-bond donors (Lipinski definition) is 0. The van der Waals surface area contributed by atoms with Crippen LogP contribution in [0.25, 0.3) is 0 Å². The molecule has 0 N–H and O–H groups in total. The summed E-state index contributed by atoms with van der Waals surface area (Å²) in [5.74, 6) is 0.216. The first-order valence-electron chi connectivity index (χ1n) is 7.23. The zero-order valence-corrected chi connectivity index (χ0v) is 11.4. The molecule has 1 saturated heterocycles. The van der Waals surface area contributed by atoms with Crippen LogP contribution in [-0.2, 0) is 27.1 Å². The molecule has 3 heteroatoms. The van der Waals surface area contributed by atoms with Gasteiger partial charge in [0.25, 0.3) is 0 Å². The van der Waals surface area contributed by atoms with Crippen molar-refractivity contribution in [3.8, 4) is 0 Å². The van der Waals surface area contributed by atoms with E-state index in [4.69, 9.17) is 9.47 Å². The van der Waals surface area contributed by atoms with Crippen LogP contribution in [0.3, 0.4) is 0 Å². The summed E-state index contributed by atoms with van der Waals surface area (Å²) in [6.07, 6.45) is 4.30. The summed E-state index contributed by atoms with van der Waals surface area (Å²) in [6, 6.07) is 8.56. The van der Waals surface area contributed by atoms with E-state index in [0.29, 0.717) is 5.92 Å². The summed E-state index contributed by atoms with van der Waals surface area (Å²) in [7, 11) is 0. The van der Waals surface area contributed by atoms with Crippen molar-refractivity contribution in [2.24, 2.45) is 11.3 Å². The summed E-state index contributed by atoms with van der Waals surface area (Å²) >= 11 is 0. The molecular formula is C17H18O3. The maximum Gasteiger partial charge on any atom is 0.330 e. The van der Waals surface area contributed by atoms with Gasteiger partial charge < -0.3 is 9.47 Å². The first-order chi connectivity index (χ1) is 9.72. The highest BCUT2D eigenvalue weighted by Gasteiger charge is 2.61. The fourth-order valence-corrected chi connectivity index (χ4v) is 4.27. The summed E-state index contributed by atoms with van der Waals surface area (Å²) in [6.45, 7) is 4.31. The highest BCUT2D eigenvalue weighted by Crippen LogP contribution is 2.56. The van der Waals surface area contributed by atoms with Gasteiger partial charge in [0, 0.05) is 17.4 Å². The quantitative estimate of drug-likeness (QED) is 0.611. The first kappa shape index (κ1) is 12.2. The minimum absolute atomic E-state index is 0.0359. The summed E-state index contributed by atoms with van der Waals surface area (Å²) in [5, 5.41) is 0. The van der Waals surface area contributed by atoms with E-state index in [9.17, 15) is 4.79 Å². The summed E-state index contributed by atoms with van der Waals surface area (Å²) in [5.41, 5.74) is 2.83. The first-order valence-corrected chi connectivity index (χ1v) is 7.23. The zero-order valence-electron chi connectivity index (χ0n) is 11.4. The molecule has 0 aromatic heterocycles. The Morgan fingerprint density at radius 3 is 2.60 bits per heavy atom. The van der Waals surface area contributed by atoms with E-state index in [0.717, 1.165) is 25.9 Å². The van der Waals surface area contributed by atoms with Crippen LogP contribution in [0.4, 0.5) is 0 Å². The predicted octanol–water partition coefficient (Wildman–Crippen LogP) is 2.29. The van der Waals surface area contributed by atoms with Crippen LogP contribution in [0.1, 0.15) is 17.5 Å². The second kappa shape index (κ2) is 4.19. The number of carbonyl (C=O) groups excluding carboxylic acids is 1. The fraction of sp³-hybridized carbons (Fsp3) is 0.471. The van der Waals surface area contributed by atoms with Gasteiger partial charge in [0.05, 0.1) is 6.61 Å². The van der Waals surface area contributed by atoms with Gasteiger partial charge >= 0.3 is 5.97 Å². The fourth-order valence-electron chi connectivity index (χ4n) is 4.27. The number of fused-ring (bicyclic) bond motifs is 2. The van der Waals surface area contributed by atoms with E-state index >= 15 is 0 Å². The molecule has 0 bridgehead atoms. The van der Waals surface area contributed by atoms with Crippen molar-refractivity contribution >= 4 is 5.97 Å². The van der Waals surface area contributed by atoms with Gasteiger partial charge in [-0.1, -0.05) is 30.8 Å². The third-order valence-corrected chi connectivity index (χ3v) is 5.15. The molecule has 1 aromatic rings. The van der Waals surface area contributed by atoms with E-state index in [1.165, 1.54) is 17.2 Å². The molecule has 0 radical (unpaired) electrons. The van der Waals surface area contributed by atoms with Gasteiger partial charge in [0.15, 0.2) is 0 Å². The van der Waals surface area contributed by atoms with Crippen molar-refractivity contribution in [3.63, 3.8) is 0 Å². The minimum Gasteiger partial charge on any atom is -0.456 e. The maximum atomic E-state index is 11.7. The van der Waals surface area contributed by atoms with Crippen LogP contribution >= 0.6 is 0 Å². The lowest BCUT2D eigenvalue weighted by Gasteiger charge is -2.36. The third-order valence-electron chi connectivity index (χ3n) is 5.15. The molecule has 3 aliphatic rings. The Hall–Kier alpha value is -1.61. The lowest BCUT2D eigenvalue weighted by molar-refractivity contribution is -0.176. The number of rotatable bonds is 2. The zero-order chi connectivity index (χ0) is 13.7. The van der Waals surface area contributed by atoms with Crippen LogP contribution in [0.15, 0.2) is 36.9 Å². The normalized spacial score (nSPS) is 32.3. The van der Waals surface area contributed by atoms with Crippen molar-refractivity contribution in [3.05, 3.63) is 48.0 Å². The molecule has 1 heterocycles. The van der Waals surface area contributed by atoms with E-state index in [1.54, 1.807) is 0 Å². The van der Waals surface area contributed by atoms with Crippen molar-refractivity contribution in [2.45, 2.75) is 31.5 Å². The van der Waals surface area contributed by atoms with E-state index in [-0.39, 0.29) is 23.6 Å². The molecule has 4 rings (SSSR count). The number of ether oxygens (including phenoxy) is 2. The Bertz CT molecular complexity index is 552. The van der Waals surface area contributed by atoms with Gasteiger partial charge in [0.2, 0.25) is 0 Å². The largest absolute Gasteiger partial charge is 0.456 e. The number of benzene rings is 1. The summed E-state index contributed by atoms with van der Waals surface area (Å²) in [4.78, 5) is 11.7. The van der Waals surface area contributed by atoms with Gasteiger partial charge in [-0.05, 0) is 30.4 Å². The Morgan fingerprint density at radius 2 is 2.05 bits per heavy atom. The Kier molecular flexibility index (Phi) is 2.55. The van der Waals surface area contributed by atoms with Gasteiger partial charge in [-0.25, -0.2) is 4.79 Å². The van der Waals surface area contributed by atoms with Crippen molar-refractivity contribution < 1.29 is 14.3 Å². The molecule has 1 spiro atoms. The van der Waals surface area contributed by atoms with E-state index in [2.05, 4.69) is 30.8 Å². The number of hydrogen-bond acceptors (Lipinski definition) is 3. The monoisotopic (exact) mass is 270 g/mol. The molecule has 1 aromatic carbocycles. The average Bonchev–Trinajstić information content (AvgIpc) is 2.89. The van der Waals surface area contributed by atoms with Crippen LogP contribution in [0.2, 0.25) is 0 Å². The minimum atomic E-state index is -0.332. The predicted molar refractivity (Wildman–Crippen MR) is 74.2 cm³/mol. The molecule has 1 saturated carbocycles. The number of carbonyl (C=O) groups is 1. The van der Waals surface area contributed by atoms with Crippen molar-refractivity contribution in [1.29, 1.82) is 0 Å². The molecule has 2 aliphatic carbocycles. The average molecular weight is 270 g/mol. The smallest absolute Gasteiger partial charge is 0.330 e. The maximum absolute atomic E-state index is 11.7. The van der Waals surface area contributed by atoms with Crippen LogP contribution in [-0.4, -0.2) is 24.8 Å². The molecule has 3 atom stereocenters. The lowest BCUT2D eigenvalue weighted by Crippen LogP contribution is -2.47. The topological polar surface area (TPSA) is 35.5 Å². The highest BCUT2D eigenvalue weighted by molar-refractivity contribution is 5.81. The van der Waals surface area contributed by atoms with Crippen molar-refractivity contribution in [2.75, 3.05) is 6.61 Å². The molecular weight excluding hydrogens is 252 g/mol. The van der Waals surface area contributed by atoms with Gasteiger partial charge in [0.1, 0.15) is 12.2 Å². The molecule has 20 heavy (non-hydrogen) atoms. The molecule has 104 valence electrons. The molecule has 0 amide bonds. The van der Waals surface area contributed by atoms with Gasteiger partial charge in [-0.2, -0.15) is 0 Å². The second-order valence-corrected chi connectivity index (χ2v) is 6.31. The Labute approximate surface area is 118 Å². The van der Waals surface area contributed by atoms with Gasteiger partial charge in [-0.15, -0.1) is 0 Å². The second-order valence-electron chi connectivity index (χ2n) is 6.31. The Balaban J connectivity index is 1.66. The summed E-state index contributed by atoms with van der Waals surface area (Å²) < 4.78 is 11.4. The standard InChI is InChI=1S/C17H18O3/c1-2-14(18)20-16-15-13(10-19-15)9-17(16)7-11-5-3-4-6-12(11)8-17/h2-6,13,15-16H,1,7-10H2/t13?,15-,16-/m1/s1. The van der Waals surface area contributed by atoms with Crippen LogP contribution in [0, 0.1) is 11.3 Å². The third kappa shape index (κ3) is 1.59. The van der Waals surface area contributed by atoms with Crippen molar-refractivity contribution in [1.82, 2.24) is 0 Å². The number of esters is 1. The molecule has 2 fully saturated rings.